The maximum atomic E-state index is 11.5. The molecule has 0 unspecified atom stereocenters. The van der Waals surface area contributed by atoms with Crippen LogP contribution in [-0.2, 0) is 0 Å². The molecule has 0 bridgehead atoms. The van der Waals surface area contributed by atoms with Crippen LogP contribution >= 0.6 is 0 Å². The lowest BCUT2D eigenvalue weighted by atomic mass is 9.96. The van der Waals surface area contributed by atoms with Crippen LogP contribution in [0.1, 0.15) is 38.1 Å². The van der Waals surface area contributed by atoms with Gasteiger partial charge in [-0.25, -0.2) is 4.98 Å². The number of nitrogens with one attached hydrogen (secondary N) is 1. The molecule has 1 fully saturated rings. The second kappa shape index (κ2) is 3.73. The van der Waals surface area contributed by atoms with E-state index in [-0.39, 0.29) is 5.56 Å². The summed E-state index contributed by atoms with van der Waals surface area (Å²) in [7, 11) is 0. The van der Waals surface area contributed by atoms with Crippen LogP contribution in [0.4, 0.5) is 0 Å². The largest absolute Gasteiger partial charge is 0.312 e. The van der Waals surface area contributed by atoms with Gasteiger partial charge in [0.05, 0.1) is 12.4 Å². The Morgan fingerprint density at radius 1 is 1.31 bits per heavy atom. The number of aromatic nitrogens is 4. The summed E-state index contributed by atoms with van der Waals surface area (Å²) in [5.41, 5.74) is 0.446. The number of hydrogen-bond donors (Lipinski definition) is 1. The molecule has 0 radical (unpaired) electrons. The summed E-state index contributed by atoms with van der Waals surface area (Å²) >= 11 is 0. The Balaban J connectivity index is 2.04. The quantitative estimate of drug-likeness (QED) is 0.791. The molecule has 0 spiro atoms. The molecule has 1 aliphatic carbocycles. The normalized spacial score (nSPS) is 18.0. The number of H-pyrrole nitrogens is 1. The summed E-state index contributed by atoms with van der Waals surface area (Å²) in [6.07, 6.45) is 9.38. The molecule has 2 heterocycles. The molecule has 0 atom stereocenters. The van der Waals surface area contributed by atoms with E-state index in [9.17, 15) is 4.79 Å². The van der Waals surface area contributed by atoms with Crippen LogP contribution in [0.3, 0.4) is 0 Å². The molecule has 3 rings (SSSR count). The fourth-order valence-electron chi connectivity index (χ4n) is 2.40. The molecular formula is C11H14N4O. The molecule has 16 heavy (non-hydrogen) atoms. The van der Waals surface area contributed by atoms with Crippen LogP contribution in [0.5, 0.6) is 0 Å². The molecule has 1 N–H and O–H groups in total. The molecule has 0 aromatic carbocycles. The molecule has 2 aromatic rings. The molecule has 2 aromatic heterocycles. The highest BCUT2D eigenvalue weighted by molar-refractivity contribution is 5.72. The number of fused-ring (bicyclic) bond motifs is 1. The van der Waals surface area contributed by atoms with Gasteiger partial charge in [-0.1, -0.05) is 19.3 Å². The van der Waals surface area contributed by atoms with Gasteiger partial charge >= 0.3 is 0 Å². The summed E-state index contributed by atoms with van der Waals surface area (Å²) in [6.45, 7) is 0. The van der Waals surface area contributed by atoms with E-state index in [4.69, 9.17) is 0 Å². The molecule has 0 aliphatic heterocycles. The van der Waals surface area contributed by atoms with E-state index in [0.29, 0.717) is 17.1 Å². The highest BCUT2D eigenvalue weighted by atomic mass is 16.1. The predicted molar refractivity (Wildman–Crippen MR) is 60.3 cm³/mol. The van der Waals surface area contributed by atoms with Crippen molar-refractivity contribution in [3.8, 4) is 0 Å². The number of rotatable bonds is 1. The van der Waals surface area contributed by atoms with Crippen molar-refractivity contribution in [3.63, 3.8) is 0 Å². The van der Waals surface area contributed by atoms with Gasteiger partial charge in [-0.2, -0.15) is 5.10 Å². The van der Waals surface area contributed by atoms with Crippen LogP contribution in [0.25, 0.3) is 11.0 Å². The van der Waals surface area contributed by atoms with Crippen molar-refractivity contribution in [2.24, 2.45) is 0 Å². The highest BCUT2D eigenvalue weighted by Crippen LogP contribution is 2.27. The standard InChI is InChI=1S/C11H14N4O/c16-11-9-6-15(8-4-2-1-3-5-8)14-10(9)12-7-13-11/h6-8H,1-5H2,(H,12,13,14,16). The van der Waals surface area contributed by atoms with Crippen LogP contribution < -0.4 is 5.56 Å². The van der Waals surface area contributed by atoms with Gasteiger partial charge < -0.3 is 4.98 Å². The summed E-state index contributed by atoms with van der Waals surface area (Å²) in [5.74, 6) is 0. The maximum absolute atomic E-state index is 11.5. The van der Waals surface area contributed by atoms with Gasteiger partial charge in [0.1, 0.15) is 5.39 Å². The number of aromatic amines is 1. The minimum absolute atomic E-state index is 0.105. The van der Waals surface area contributed by atoms with E-state index in [1.54, 1.807) is 0 Å². The van der Waals surface area contributed by atoms with E-state index in [2.05, 4.69) is 15.1 Å². The van der Waals surface area contributed by atoms with E-state index < -0.39 is 0 Å². The smallest absolute Gasteiger partial charge is 0.261 e. The molecule has 5 nitrogen and oxygen atoms in total. The molecule has 0 amide bonds. The van der Waals surface area contributed by atoms with E-state index in [1.807, 2.05) is 10.9 Å². The third kappa shape index (κ3) is 1.52. The Morgan fingerprint density at radius 2 is 2.12 bits per heavy atom. The van der Waals surface area contributed by atoms with Crippen LogP contribution in [-0.4, -0.2) is 19.7 Å². The van der Waals surface area contributed by atoms with Gasteiger partial charge in [0.2, 0.25) is 0 Å². The number of hydrogen-bond acceptors (Lipinski definition) is 3. The lowest BCUT2D eigenvalue weighted by Crippen LogP contribution is -2.13. The zero-order valence-electron chi connectivity index (χ0n) is 9.02. The maximum Gasteiger partial charge on any atom is 0.261 e. The average molecular weight is 218 g/mol. The van der Waals surface area contributed by atoms with Gasteiger partial charge in [0.15, 0.2) is 5.65 Å². The Kier molecular flexibility index (Phi) is 2.23. The predicted octanol–water partition coefficient (Wildman–Crippen LogP) is 1.62. The van der Waals surface area contributed by atoms with Gasteiger partial charge in [-0.15, -0.1) is 0 Å². The van der Waals surface area contributed by atoms with E-state index >= 15 is 0 Å². The van der Waals surface area contributed by atoms with Crippen LogP contribution in [0.2, 0.25) is 0 Å². The first-order chi connectivity index (χ1) is 7.84. The van der Waals surface area contributed by atoms with E-state index in [1.165, 1.54) is 25.6 Å². The van der Waals surface area contributed by atoms with Crippen molar-refractivity contribution >= 4 is 11.0 Å². The zero-order chi connectivity index (χ0) is 11.0. The summed E-state index contributed by atoms with van der Waals surface area (Å²) < 4.78 is 1.92. The number of nitrogens with zero attached hydrogens (tertiary/aromatic N) is 3. The van der Waals surface area contributed by atoms with Crippen molar-refractivity contribution in [3.05, 3.63) is 22.9 Å². The van der Waals surface area contributed by atoms with Gasteiger partial charge in [-0.3, -0.25) is 9.48 Å². The van der Waals surface area contributed by atoms with Crippen molar-refractivity contribution in [1.29, 1.82) is 0 Å². The third-order valence-electron chi connectivity index (χ3n) is 3.29. The van der Waals surface area contributed by atoms with Gasteiger partial charge in [0.25, 0.3) is 5.56 Å². The minimum Gasteiger partial charge on any atom is -0.312 e. The lowest BCUT2D eigenvalue weighted by Gasteiger charge is -2.21. The Morgan fingerprint density at radius 3 is 2.88 bits per heavy atom. The van der Waals surface area contributed by atoms with Crippen molar-refractivity contribution in [2.45, 2.75) is 38.1 Å². The molecule has 5 heteroatoms. The molecule has 84 valence electrons. The minimum atomic E-state index is -0.105. The Bertz CT molecular complexity index is 550. The highest BCUT2D eigenvalue weighted by Gasteiger charge is 2.17. The fourth-order valence-corrected chi connectivity index (χ4v) is 2.40. The second-order valence-electron chi connectivity index (χ2n) is 4.37. The molecular weight excluding hydrogens is 204 g/mol. The first kappa shape index (κ1) is 9.57. The van der Waals surface area contributed by atoms with Crippen LogP contribution in [0, 0.1) is 0 Å². The monoisotopic (exact) mass is 218 g/mol. The zero-order valence-corrected chi connectivity index (χ0v) is 9.02. The lowest BCUT2D eigenvalue weighted by molar-refractivity contribution is 0.331. The fraction of sp³-hybridized carbons (Fsp3) is 0.545. The van der Waals surface area contributed by atoms with Crippen molar-refractivity contribution in [2.75, 3.05) is 0 Å². The third-order valence-corrected chi connectivity index (χ3v) is 3.29. The summed E-state index contributed by atoms with van der Waals surface area (Å²) in [5, 5.41) is 4.97. The molecule has 1 saturated carbocycles. The first-order valence-corrected chi connectivity index (χ1v) is 5.77. The second-order valence-corrected chi connectivity index (χ2v) is 4.37. The Hall–Kier alpha value is -1.65. The van der Waals surface area contributed by atoms with Crippen molar-refractivity contribution in [1.82, 2.24) is 19.7 Å². The topological polar surface area (TPSA) is 63.6 Å². The van der Waals surface area contributed by atoms with Gasteiger partial charge in [0, 0.05) is 6.20 Å². The van der Waals surface area contributed by atoms with Gasteiger partial charge in [-0.05, 0) is 12.8 Å². The Labute approximate surface area is 92.5 Å². The summed E-state index contributed by atoms with van der Waals surface area (Å²) in [6, 6.07) is 0.447. The van der Waals surface area contributed by atoms with Crippen LogP contribution in [0.15, 0.2) is 17.3 Å². The SMILES string of the molecule is O=c1[nH]cnc2nn(C3CCCCC3)cc12. The van der Waals surface area contributed by atoms with E-state index in [0.717, 1.165) is 12.8 Å². The molecule has 1 aliphatic rings. The summed E-state index contributed by atoms with van der Waals surface area (Å²) in [4.78, 5) is 18.2. The average Bonchev–Trinajstić information content (AvgIpc) is 2.76. The van der Waals surface area contributed by atoms with Crippen molar-refractivity contribution < 1.29 is 0 Å². The first-order valence-electron chi connectivity index (χ1n) is 5.77. The molecule has 0 saturated heterocycles.